The van der Waals surface area contributed by atoms with Gasteiger partial charge in [0.05, 0.1) is 0 Å². The van der Waals surface area contributed by atoms with Crippen LogP contribution in [-0.2, 0) is 0 Å². The van der Waals surface area contributed by atoms with Crippen LogP contribution >= 0.6 is 44.8 Å². The molecule has 0 aromatic rings. The third kappa shape index (κ3) is 10.9. The largest absolute Gasteiger partial charge is 0.120 e. The second-order valence-electron chi connectivity index (χ2n) is 5.79. The Morgan fingerprint density at radius 3 is 1.65 bits per heavy atom. The number of hydrogen-bond acceptors (Lipinski definition) is 2. The van der Waals surface area contributed by atoms with Crippen molar-refractivity contribution in [1.82, 2.24) is 0 Å². The van der Waals surface area contributed by atoms with Crippen molar-refractivity contribution in [2.24, 2.45) is 5.92 Å². The van der Waals surface area contributed by atoms with Gasteiger partial charge in [-0.3, -0.25) is 0 Å². The first-order valence-corrected chi connectivity index (χ1v) is 11.3. The quantitative estimate of drug-likeness (QED) is 0.187. The Morgan fingerprint density at radius 1 is 0.800 bits per heavy atom. The molecule has 1 atom stereocenters. The fraction of sp³-hybridized carbons (Fsp3) is 1.00. The van der Waals surface area contributed by atoms with Gasteiger partial charge in [-0.15, -0.1) is 23.2 Å². The van der Waals surface area contributed by atoms with E-state index in [0.717, 1.165) is 0 Å². The van der Waals surface area contributed by atoms with Crippen LogP contribution in [0.3, 0.4) is 0 Å². The predicted molar refractivity (Wildman–Crippen MR) is 101 cm³/mol. The number of halogens is 2. The van der Waals surface area contributed by atoms with Crippen LogP contribution in [0.2, 0.25) is 0 Å². The molecule has 0 spiro atoms. The van der Waals surface area contributed by atoms with Crippen LogP contribution in [0.25, 0.3) is 0 Å². The average Bonchev–Trinajstić information content (AvgIpc) is 2.38. The predicted octanol–water partition coefficient (Wildman–Crippen LogP) is 7.73. The highest BCUT2D eigenvalue weighted by Gasteiger charge is 2.27. The Hall–Kier alpha value is 1.28. The molecule has 20 heavy (non-hydrogen) atoms. The van der Waals surface area contributed by atoms with Crippen LogP contribution in [-0.4, -0.2) is 15.3 Å². The van der Waals surface area contributed by atoms with Gasteiger partial charge in [0.2, 0.25) is 0 Å². The van der Waals surface area contributed by atoms with Gasteiger partial charge < -0.3 is 0 Å². The van der Waals surface area contributed by atoms with Gasteiger partial charge >= 0.3 is 0 Å². The first-order chi connectivity index (χ1) is 9.52. The SMILES string of the molecule is CCCCCC(CCCCC)[C@H](SSC(C)C)C(Cl)Cl. The Bertz CT molecular complexity index is 201. The molecule has 0 nitrogen and oxygen atoms in total. The molecule has 0 fully saturated rings. The van der Waals surface area contributed by atoms with Gasteiger partial charge in [-0.1, -0.05) is 87.8 Å². The van der Waals surface area contributed by atoms with Crippen LogP contribution in [0.1, 0.15) is 79.1 Å². The zero-order chi connectivity index (χ0) is 15.4. The lowest BCUT2D eigenvalue weighted by atomic mass is 9.92. The molecule has 0 saturated carbocycles. The van der Waals surface area contributed by atoms with E-state index in [0.29, 0.717) is 16.4 Å². The van der Waals surface area contributed by atoms with E-state index in [1.165, 1.54) is 51.4 Å². The zero-order valence-corrected chi connectivity index (χ0v) is 16.7. The third-order valence-electron chi connectivity index (χ3n) is 3.43. The van der Waals surface area contributed by atoms with Gasteiger partial charge in [-0.25, -0.2) is 0 Å². The monoisotopic (exact) mass is 358 g/mol. The van der Waals surface area contributed by atoms with E-state index in [1.807, 2.05) is 21.6 Å². The molecular weight excluding hydrogens is 327 g/mol. The topological polar surface area (TPSA) is 0 Å². The van der Waals surface area contributed by atoms with Crippen LogP contribution in [0, 0.1) is 5.92 Å². The average molecular weight is 359 g/mol. The number of unbranched alkanes of at least 4 members (excludes halogenated alkanes) is 4. The molecule has 0 aromatic carbocycles. The lowest BCUT2D eigenvalue weighted by molar-refractivity contribution is 0.405. The molecule has 0 aliphatic heterocycles. The van der Waals surface area contributed by atoms with E-state index >= 15 is 0 Å². The molecule has 0 bridgehead atoms. The van der Waals surface area contributed by atoms with Crippen LogP contribution in [0.5, 0.6) is 0 Å². The number of rotatable bonds is 13. The van der Waals surface area contributed by atoms with E-state index in [-0.39, 0.29) is 4.84 Å². The highest BCUT2D eigenvalue weighted by Crippen LogP contribution is 2.42. The highest BCUT2D eigenvalue weighted by molar-refractivity contribution is 8.77. The van der Waals surface area contributed by atoms with Crippen LogP contribution in [0.4, 0.5) is 0 Å². The van der Waals surface area contributed by atoms with E-state index in [4.69, 9.17) is 23.2 Å². The lowest BCUT2D eigenvalue weighted by Gasteiger charge is -2.28. The van der Waals surface area contributed by atoms with Gasteiger partial charge in [0.1, 0.15) is 4.84 Å². The van der Waals surface area contributed by atoms with Crippen molar-refractivity contribution >= 4 is 44.8 Å². The maximum Gasteiger partial charge on any atom is 0.120 e. The summed E-state index contributed by atoms with van der Waals surface area (Å²) in [6.07, 6.45) is 10.4. The number of hydrogen-bond donors (Lipinski definition) is 0. The third-order valence-corrected chi connectivity index (χ3v) is 7.80. The molecule has 0 unspecified atom stereocenters. The minimum absolute atomic E-state index is 0.250. The molecule has 0 N–H and O–H groups in total. The summed E-state index contributed by atoms with van der Waals surface area (Å²) in [4.78, 5) is -0.250. The molecule has 0 aliphatic carbocycles. The van der Waals surface area contributed by atoms with Gasteiger partial charge in [0.25, 0.3) is 0 Å². The van der Waals surface area contributed by atoms with Gasteiger partial charge in [0.15, 0.2) is 0 Å². The number of alkyl halides is 2. The smallest absolute Gasteiger partial charge is 0.104 e. The Labute approximate surface area is 144 Å². The maximum atomic E-state index is 6.28. The van der Waals surface area contributed by atoms with Crippen molar-refractivity contribution < 1.29 is 0 Å². The molecule has 0 aromatic heterocycles. The van der Waals surface area contributed by atoms with Crippen LogP contribution < -0.4 is 0 Å². The summed E-state index contributed by atoms with van der Waals surface area (Å²) >= 11 is 12.6. The van der Waals surface area contributed by atoms with Crippen molar-refractivity contribution in [2.45, 2.75) is 94.4 Å². The van der Waals surface area contributed by atoms with E-state index in [9.17, 15) is 0 Å². The van der Waals surface area contributed by atoms with Crippen molar-refractivity contribution in [3.05, 3.63) is 0 Å². The molecular formula is C16H32Cl2S2. The Kier molecular flexibility index (Phi) is 14.8. The van der Waals surface area contributed by atoms with E-state index < -0.39 is 0 Å². The minimum Gasteiger partial charge on any atom is -0.104 e. The Morgan fingerprint density at radius 2 is 1.30 bits per heavy atom. The second kappa shape index (κ2) is 13.9. The molecule has 0 saturated heterocycles. The minimum atomic E-state index is -0.250. The first kappa shape index (κ1) is 21.3. The first-order valence-electron chi connectivity index (χ1n) is 8.13. The maximum absolute atomic E-state index is 6.28. The Balaban J connectivity index is 4.44. The van der Waals surface area contributed by atoms with Crippen molar-refractivity contribution in [2.75, 3.05) is 0 Å². The fourth-order valence-corrected chi connectivity index (χ4v) is 6.09. The summed E-state index contributed by atoms with van der Waals surface area (Å²) in [5.74, 6) is 0.671. The molecule has 0 radical (unpaired) electrons. The summed E-state index contributed by atoms with van der Waals surface area (Å²) in [5, 5.41) is 1.00. The van der Waals surface area contributed by atoms with E-state index in [2.05, 4.69) is 27.7 Å². The molecule has 0 heterocycles. The standard InChI is InChI=1S/C16H32Cl2S2/c1-5-7-9-11-14(12-10-8-6-2)15(16(17)18)20-19-13(3)4/h13-16H,5-12H2,1-4H3/t15-/m0/s1. The fourth-order valence-electron chi connectivity index (χ4n) is 2.29. The summed E-state index contributed by atoms with van der Waals surface area (Å²) in [7, 11) is 3.84. The molecule has 0 aliphatic rings. The molecule has 0 amide bonds. The van der Waals surface area contributed by atoms with Gasteiger partial charge in [0, 0.05) is 10.5 Å². The zero-order valence-electron chi connectivity index (χ0n) is 13.5. The summed E-state index contributed by atoms with van der Waals surface area (Å²) < 4.78 is 0. The second-order valence-corrected chi connectivity index (χ2v) is 9.98. The van der Waals surface area contributed by atoms with E-state index in [1.54, 1.807) is 0 Å². The van der Waals surface area contributed by atoms with Crippen LogP contribution in [0.15, 0.2) is 0 Å². The van der Waals surface area contributed by atoms with Gasteiger partial charge in [-0.05, 0) is 18.8 Å². The molecule has 4 heteroatoms. The molecule has 0 rings (SSSR count). The van der Waals surface area contributed by atoms with Crippen molar-refractivity contribution in [1.29, 1.82) is 0 Å². The lowest BCUT2D eigenvalue weighted by Crippen LogP contribution is -2.23. The molecule has 122 valence electrons. The van der Waals surface area contributed by atoms with Gasteiger partial charge in [-0.2, -0.15) is 0 Å². The summed E-state index contributed by atoms with van der Waals surface area (Å²) in [6.45, 7) is 8.99. The normalized spacial score (nSPS) is 13.7. The highest BCUT2D eigenvalue weighted by atomic mass is 35.5. The summed E-state index contributed by atoms with van der Waals surface area (Å²) in [6, 6.07) is 0. The van der Waals surface area contributed by atoms with Crippen molar-refractivity contribution in [3.8, 4) is 0 Å². The van der Waals surface area contributed by atoms with Crippen molar-refractivity contribution in [3.63, 3.8) is 0 Å². The summed E-state index contributed by atoms with van der Waals surface area (Å²) in [5.41, 5.74) is 0.